The summed E-state index contributed by atoms with van der Waals surface area (Å²) in [5.41, 5.74) is 6.26. The third-order valence-corrected chi connectivity index (χ3v) is 2.59. The van der Waals surface area contributed by atoms with Gasteiger partial charge in [-0.25, -0.2) is 4.79 Å². The lowest BCUT2D eigenvalue weighted by molar-refractivity contribution is 0.0593. The van der Waals surface area contributed by atoms with Crippen LogP contribution in [0, 0.1) is 0 Å². The summed E-state index contributed by atoms with van der Waals surface area (Å²) in [7, 11) is 1.32. The molecule has 1 saturated carbocycles. The van der Waals surface area contributed by atoms with Gasteiger partial charge in [0.15, 0.2) is 5.69 Å². The van der Waals surface area contributed by atoms with Crippen LogP contribution in [-0.2, 0) is 4.74 Å². The highest BCUT2D eigenvalue weighted by Crippen LogP contribution is 2.31. The Kier molecular flexibility index (Phi) is 2.15. The number of carbonyl (C=O) groups excluding carboxylic acids is 1. The summed E-state index contributed by atoms with van der Waals surface area (Å²) in [6.07, 6.45) is 5.15. The lowest BCUT2D eigenvalue weighted by Gasteiger charge is -2.25. The van der Waals surface area contributed by atoms with Crippen molar-refractivity contribution in [2.24, 2.45) is 0 Å². The zero-order valence-corrected chi connectivity index (χ0v) is 8.06. The second kappa shape index (κ2) is 3.32. The Balaban J connectivity index is 2.24. The Morgan fingerprint density at radius 2 is 2.43 bits per heavy atom. The van der Waals surface area contributed by atoms with E-state index in [1.54, 1.807) is 10.9 Å². The molecular weight excluding hydrogens is 182 g/mol. The fourth-order valence-corrected chi connectivity index (χ4v) is 1.50. The van der Waals surface area contributed by atoms with Crippen molar-refractivity contribution in [3.8, 4) is 0 Å². The molecule has 1 aliphatic carbocycles. The predicted octanol–water partition coefficient (Wildman–Crippen LogP) is 0.977. The molecule has 2 N–H and O–H groups in total. The molecule has 0 radical (unpaired) electrons. The Labute approximate surface area is 81.8 Å². The molecule has 0 unspecified atom stereocenters. The number of anilines is 1. The molecule has 5 heteroatoms. The third-order valence-electron chi connectivity index (χ3n) is 2.59. The Hall–Kier alpha value is -1.52. The summed E-state index contributed by atoms with van der Waals surface area (Å²) in [6, 6.07) is 0.413. The van der Waals surface area contributed by atoms with Crippen LogP contribution in [0.1, 0.15) is 35.8 Å². The average Bonchev–Trinajstić information content (AvgIpc) is 2.43. The van der Waals surface area contributed by atoms with Crippen molar-refractivity contribution in [2.75, 3.05) is 12.8 Å². The van der Waals surface area contributed by atoms with Crippen LogP contribution in [0.4, 0.5) is 5.69 Å². The second-order valence-electron chi connectivity index (χ2n) is 3.49. The van der Waals surface area contributed by atoms with Gasteiger partial charge in [-0.3, -0.25) is 4.68 Å². The minimum atomic E-state index is -0.472. The molecular formula is C9H13N3O2. The van der Waals surface area contributed by atoms with E-state index in [-0.39, 0.29) is 5.69 Å². The highest BCUT2D eigenvalue weighted by atomic mass is 16.5. The van der Waals surface area contributed by atoms with Gasteiger partial charge in [-0.15, -0.1) is 0 Å². The minimum Gasteiger partial charge on any atom is -0.464 e. The van der Waals surface area contributed by atoms with Crippen molar-refractivity contribution in [3.63, 3.8) is 0 Å². The van der Waals surface area contributed by atoms with E-state index in [0.29, 0.717) is 11.7 Å². The topological polar surface area (TPSA) is 70.1 Å². The van der Waals surface area contributed by atoms with E-state index in [9.17, 15) is 4.79 Å². The van der Waals surface area contributed by atoms with Crippen LogP contribution in [0.25, 0.3) is 0 Å². The third kappa shape index (κ3) is 1.34. The number of nitrogens with zero attached hydrogens (tertiary/aromatic N) is 2. The van der Waals surface area contributed by atoms with Crippen LogP contribution >= 0.6 is 0 Å². The molecule has 2 rings (SSSR count). The molecule has 1 fully saturated rings. The molecule has 0 atom stereocenters. The van der Waals surface area contributed by atoms with Gasteiger partial charge in [0.25, 0.3) is 0 Å². The molecule has 1 heterocycles. The van der Waals surface area contributed by atoms with Crippen LogP contribution in [-0.4, -0.2) is 22.9 Å². The van der Waals surface area contributed by atoms with Crippen molar-refractivity contribution in [1.29, 1.82) is 0 Å². The second-order valence-corrected chi connectivity index (χ2v) is 3.49. The molecule has 0 spiro atoms. The normalized spacial score (nSPS) is 16.4. The molecule has 0 amide bonds. The molecule has 0 bridgehead atoms. The Bertz CT molecular complexity index is 355. The number of ether oxygens (including phenoxy) is 1. The summed E-state index contributed by atoms with van der Waals surface area (Å²) in [4.78, 5) is 11.2. The van der Waals surface area contributed by atoms with Gasteiger partial charge in [-0.05, 0) is 19.3 Å². The minimum absolute atomic E-state index is 0.222. The summed E-state index contributed by atoms with van der Waals surface area (Å²) in [6.45, 7) is 0. The molecule has 0 aliphatic heterocycles. The molecule has 76 valence electrons. The smallest absolute Gasteiger partial charge is 0.360 e. The SMILES string of the molecule is COC(=O)c1nn(C2CCC2)cc1N. The number of hydrogen-bond donors (Lipinski definition) is 1. The quantitative estimate of drug-likeness (QED) is 0.714. The largest absolute Gasteiger partial charge is 0.464 e. The van der Waals surface area contributed by atoms with Gasteiger partial charge < -0.3 is 10.5 Å². The van der Waals surface area contributed by atoms with Crippen LogP contribution in [0.5, 0.6) is 0 Å². The highest BCUT2D eigenvalue weighted by molar-refractivity contribution is 5.92. The van der Waals surface area contributed by atoms with Crippen molar-refractivity contribution >= 4 is 11.7 Å². The van der Waals surface area contributed by atoms with Crippen LogP contribution < -0.4 is 5.73 Å². The van der Waals surface area contributed by atoms with Gasteiger partial charge in [-0.1, -0.05) is 0 Å². The fourth-order valence-electron chi connectivity index (χ4n) is 1.50. The van der Waals surface area contributed by atoms with E-state index in [2.05, 4.69) is 9.84 Å². The zero-order chi connectivity index (χ0) is 10.1. The van der Waals surface area contributed by atoms with E-state index < -0.39 is 5.97 Å². The van der Waals surface area contributed by atoms with E-state index >= 15 is 0 Å². The summed E-state index contributed by atoms with van der Waals surface area (Å²) in [5.74, 6) is -0.472. The molecule has 1 aromatic heterocycles. The first kappa shape index (κ1) is 9.05. The van der Waals surface area contributed by atoms with E-state index in [0.717, 1.165) is 12.8 Å². The van der Waals surface area contributed by atoms with Crippen molar-refractivity contribution in [2.45, 2.75) is 25.3 Å². The Morgan fingerprint density at radius 3 is 2.93 bits per heavy atom. The van der Waals surface area contributed by atoms with Gasteiger partial charge in [0.05, 0.1) is 18.8 Å². The van der Waals surface area contributed by atoms with E-state index in [4.69, 9.17) is 5.73 Å². The van der Waals surface area contributed by atoms with Gasteiger partial charge in [0, 0.05) is 6.20 Å². The number of nitrogen functional groups attached to an aromatic ring is 1. The summed E-state index contributed by atoms with van der Waals surface area (Å²) < 4.78 is 6.34. The first-order chi connectivity index (χ1) is 6.72. The summed E-state index contributed by atoms with van der Waals surface area (Å²) >= 11 is 0. The zero-order valence-electron chi connectivity index (χ0n) is 8.06. The molecule has 0 saturated heterocycles. The van der Waals surface area contributed by atoms with E-state index in [1.807, 2.05) is 0 Å². The van der Waals surface area contributed by atoms with Gasteiger partial charge in [-0.2, -0.15) is 5.10 Å². The maximum atomic E-state index is 11.2. The maximum absolute atomic E-state index is 11.2. The first-order valence-electron chi connectivity index (χ1n) is 4.65. The highest BCUT2D eigenvalue weighted by Gasteiger charge is 2.23. The lowest BCUT2D eigenvalue weighted by Crippen LogP contribution is -2.18. The molecule has 1 aromatic rings. The monoisotopic (exact) mass is 195 g/mol. The molecule has 1 aliphatic rings. The predicted molar refractivity (Wildman–Crippen MR) is 50.9 cm³/mol. The van der Waals surface area contributed by atoms with Crippen LogP contribution in [0.2, 0.25) is 0 Å². The van der Waals surface area contributed by atoms with E-state index in [1.165, 1.54) is 13.5 Å². The van der Waals surface area contributed by atoms with Gasteiger partial charge in [0.2, 0.25) is 0 Å². The van der Waals surface area contributed by atoms with Gasteiger partial charge in [0.1, 0.15) is 0 Å². The Morgan fingerprint density at radius 1 is 1.71 bits per heavy atom. The maximum Gasteiger partial charge on any atom is 0.360 e. The molecule has 14 heavy (non-hydrogen) atoms. The number of esters is 1. The van der Waals surface area contributed by atoms with Crippen LogP contribution in [0.15, 0.2) is 6.20 Å². The number of carbonyl (C=O) groups is 1. The number of aromatic nitrogens is 2. The summed E-state index contributed by atoms with van der Waals surface area (Å²) in [5, 5.41) is 4.12. The first-order valence-corrected chi connectivity index (χ1v) is 4.65. The fraction of sp³-hybridized carbons (Fsp3) is 0.556. The number of rotatable bonds is 2. The van der Waals surface area contributed by atoms with Crippen molar-refractivity contribution < 1.29 is 9.53 Å². The standard InChI is InChI=1S/C9H13N3O2/c1-14-9(13)8-7(10)5-12(11-8)6-3-2-4-6/h5-6H,2-4,10H2,1H3. The molecule has 5 nitrogen and oxygen atoms in total. The van der Waals surface area contributed by atoms with Gasteiger partial charge >= 0.3 is 5.97 Å². The van der Waals surface area contributed by atoms with Crippen LogP contribution in [0.3, 0.4) is 0 Å². The lowest BCUT2D eigenvalue weighted by atomic mass is 9.93. The number of nitrogens with two attached hydrogens (primary N) is 1. The number of hydrogen-bond acceptors (Lipinski definition) is 4. The van der Waals surface area contributed by atoms with Crippen molar-refractivity contribution in [1.82, 2.24) is 9.78 Å². The average molecular weight is 195 g/mol. The van der Waals surface area contributed by atoms with Crippen molar-refractivity contribution in [3.05, 3.63) is 11.9 Å². The number of methoxy groups -OCH3 is 1. The molecule has 0 aromatic carbocycles.